The van der Waals surface area contributed by atoms with Crippen LogP contribution in [0, 0.1) is 17.8 Å². The Morgan fingerprint density at radius 1 is 1.07 bits per heavy atom. The van der Waals surface area contributed by atoms with Gasteiger partial charge < -0.3 is 20.3 Å². The van der Waals surface area contributed by atoms with Crippen molar-refractivity contribution in [1.29, 1.82) is 0 Å². The maximum absolute atomic E-state index is 14.0. The van der Waals surface area contributed by atoms with Crippen LogP contribution in [0.1, 0.15) is 85.5 Å². The molecule has 10 heteroatoms. The van der Waals surface area contributed by atoms with Gasteiger partial charge in [0.1, 0.15) is 18.2 Å². The van der Waals surface area contributed by atoms with Crippen LogP contribution in [0.4, 0.5) is 0 Å². The number of thiazole rings is 1. The quantitative estimate of drug-likeness (QED) is 0.431. The summed E-state index contributed by atoms with van der Waals surface area (Å²) in [6.45, 7) is 16.8. The molecule has 0 bridgehead atoms. The molecule has 0 aliphatic carbocycles. The Hall–Kier alpha value is -3.27. The third-order valence-electron chi connectivity index (χ3n) is 7.07. The predicted molar refractivity (Wildman–Crippen MR) is 160 cm³/mol. The highest BCUT2D eigenvalue weighted by Gasteiger charge is 2.46. The molecule has 2 N–H and O–H groups in total. The third kappa shape index (κ3) is 8.61. The summed E-state index contributed by atoms with van der Waals surface area (Å²) < 4.78 is 5.43. The minimum absolute atomic E-state index is 0.0789. The van der Waals surface area contributed by atoms with E-state index < -0.39 is 29.6 Å². The molecule has 0 unspecified atom stereocenters. The molecule has 1 aliphatic heterocycles. The largest absolute Gasteiger partial charge is 0.461 e. The zero-order valence-corrected chi connectivity index (χ0v) is 26.5. The van der Waals surface area contributed by atoms with Gasteiger partial charge in [0.15, 0.2) is 0 Å². The van der Waals surface area contributed by atoms with E-state index in [0.717, 1.165) is 21.7 Å². The average molecular weight is 585 g/mol. The van der Waals surface area contributed by atoms with Crippen molar-refractivity contribution in [3.63, 3.8) is 0 Å². The standard InChI is InChI=1S/C31H44N4O5S/c1-18(21-10-12-22(13-11-21)26-19(2)32-17-41-26)33-28(38)24-14-23(40-20(3)36)16-35(24)29(39)27(31(7,8)9)34-25(37)15-30(4,5)6/h10-13,17-18,23-24,27H,14-16H2,1-9H3,(H,33,38)(H,34,37)/t18-,23+,24-,27+/m0/s1. The zero-order valence-electron chi connectivity index (χ0n) is 25.7. The van der Waals surface area contributed by atoms with Gasteiger partial charge in [0.05, 0.1) is 28.7 Å². The van der Waals surface area contributed by atoms with Crippen molar-refractivity contribution in [1.82, 2.24) is 20.5 Å². The number of carbonyl (C=O) groups is 4. The van der Waals surface area contributed by atoms with Gasteiger partial charge >= 0.3 is 5.97 Å². The number of rotatable bonds is 8. The second-order valence-corrected chi connectivity index (χ2v) is 14.1. The Bertz CT molecular complexity index is 1260. The topological polar surface area (TPSA) is 118 Å². The lowest BCUT2D eigenvalue weighted by molar-refractivity contribution is -0.147. The van der Waals surface area contributed by atoms with E-state index in [1.807, 2.05) is 85.2 Å². The van der Waals surface area contributed by atoms with Gasteiger partial charge in [-0.2, -0.15) is 0 Å². The predicted octanol–water partition coefficient (Wildman–Crippen LogP) is 4.80. The van der Waals surface area contributed by atoms with Crippen LogP contribution in [0.5, 0.6) is 0 Å². The summed E-state index contributed by atoms with van der Waals surface area (Å²) in [6.07, 6.45) is -0.179. The van der Waals surface area contributed by atoms with Crippen LogP contribution >= 0.6 is 11.3 Å². The fraction of sp³-hybridized carbons (Fsp3) is 0.581. The number of nitrogens with zero attached hydrogens (tertiary/aromatic N) is 2. The molecule has 1 fully saturated rings. The van der Waals surface area contributed by atoms with E-state index in [4.69, 9.17) is 4.74 Å². The van der Waals surface area contributed by atoms with Gasteiger partial charge in [-0.05, 0) is 35.8 Å². The Labute approximate surface area is 247 Å². The summed E-state index contributed by atoms with van der Waals surface area (Å²) in [7, 11) is 0. The SMILES string of the molecule is CC(=O)O[C@@H]1C[C@@H](C(=O)N[C@@H](C)c2ccc(-c3scnc3C)cc2)N(C(=O)[C@@H](NC(=O)CC(C)(C)C)C(C)(C)C)C1. The second-order valence-electron chi connectivity index (χ2n) is 13.2. The minimum atomic E-state index is -0.858. The highest BCUT2D eigenvalue weighted by atomic mass is 32.1. The zero-order chi connectivity index (χ0) is 30.7. The number of hydrogen-bond donors (Lipinski definition) is 2. The van der Waals surface area contributed by atoms with E-state index in [1.165, 1.54) is 11.8 Å². The lowest BCUT2D eigenvalue weighted by Crippen LogP contribution is -2.58. The van der Waals surface area contributed by atoms with Gasteiger partial charge in [-0.3, -0.25) is 19.2 Å². The van der Waals surface area contributed by atoms with Crippen molar-refractivity contribution < 1.29 is 23.9 Å². The van der Waals surface area contributed by atoms with Crippen molar-refractivity contribution in [3.05, 3.63) is 41.0 Å². The lowest BCUT2D eigenvalue weighted by atomic mass is 9.84. The molecule has 1 aliphatic rings. The first-order valence-electron chi connectivity index (χ1n) is 14.0. The molecular formula is C31H44N4O5S. The number of aryl methyl sites for hydroxylation is 1. The Kier molecular flexibility index (Phi) is 10.00. The van der Waals surface area contributed by atoms with E-state index in [1.54, 1.807) is 11.3 Å². The summed E-state index contributed by atoms with van der Waals surface area (Å²) in [5.74, 6) is -1.41. The normalized spacial score (nSPS) is 18.9. The molecule has 2 aromatic rings. The molecule has 0 saturated carbocycles. The molecule has 4 atom stereocenters. The van der Waals surface area contributed by atoms with Crippen LogP contribution in [0.3, 0.4) is 0 Å². The molecule has 0 spiro atoms. The maximum atomic E-state index is 14.0. The van der Waals surface area contributed by atoms with E-state index in [-0.39, 0.29) is 48.6 Å². The van der Waals surface area contributed by atoms with Gasteiger partial charge in [0.25, 0.3) is 0 Å². The summed E-state index contributed by atoms with van der Waals surface area (Å²) >= 11 is 1.58. The smallest absolute Gasteiger partial charge is 0.302 e. The highest BCUT2D eigenvalue weighted by Crippen LogP contribution is 2.30. The first kappa shape index (κ1) is 32.2. The first-order valence-corrected chi connectivity index (χ1v) is 14.9. The molecular weight excluding hydrogens is 540 g/mol. The molecule has 0 radical (unpaired) electrons. The minimum Gasteiger partial charge on any atom is -0.461 e. The summed E-state index contributed by atoms with van der Waals surface area (Å²) in [4.78, 5) is 59.0. The number of benzene rings is 1. The number of ether oxygens (including phenoxy) is 1. The molecule has 2 heterocycles. The molecule has 224 valence electrons. The second kappa shape index (κ2) is 12.7. The van der Waals surface area contributed by atoms with Gasteiger partial charge in [-0.1, -0.05) is 65.8 Å². The first-order chi connectivity index (χ1) is 19.0. The van der Waals surface area contributed by atoms with E-state index >= 15 is 0 Å². The van der Waals surface area contributed by atoms with Crippen molar-refractivity contribution in [3.8, 4) is 10.4 Å². The molecule has 3 rings (SSSR count). The van der Waals surface area contributed by atoms with Gasteiger partial charge in [0.2, 0.25) is 17.7 Å². The lowest BCUT2D eigenvalue weighted by Gasteiger charge is -2.36. The average Bonchev–Trinajstić information content (AvgIpc) is 3.46. The number of nitrogens with one attached hydrogen (secondary N) is 2. The van der Waals surface area contributed by atoms with Crippen LogP contribution in [0.25, 0.3) is 10.4 Å². The van der Waals surface area contributed by atoms with Crippen LogP contribution in [0.15, 0.2) is 29.8 Å². The number of carbonyl (C=O) groups excluding carboxylic acids is 4. The molecule has 1 aromatic heterocycles. The monoisotopic (exact) mass is 584 g/mol. The van der Waals surface area contributed by atoms with Crippen LogP contribution in [-0.4, -0.2) is 58.3 Å². The van der Waals surface area contributed by atoms with Gasteiger partial charge in [-0.25, -0.2) is 4.98 Å². The van der Waals surface area contributed by atoms with Crippen LogP contribution < -0.4 is 10.6 Å². The highest BCUT2D eigenvalue weighted by molar-refractivity contribution is 7.13. The molecule has 1 saturated heterocycles. The summed E-state index contributed by atoms with van der Waals surface area (Å²) in [5.41, 5.74) is 3.90. The summed E-state index contributed by atoms with van der Waals surface area (Å²) in [6, 6.07) is 5.93. The molecule has 3 amide bonds. The Balaban J connectivity index is 1.80. The number of aromatic nitrogens is 1. The van der Waals surface area contributed by atoms with E-state index in [2.05, 4.69) is 15.6 Å². The van der Waals surface area contributed by atoms with Gasteiger partial charge in [-0.15, -0.1) is 11.3 Å². The number of amides is 3. The van der Waals surface area contributed by atoms with Crippen molar-refractivity contribution >= 4 is 35.0 Å². The third-order valence-corrected chi connectivity index (χ3v) is 8.05. The summed E-state index contributed by atoms with van der Waals surface area (Å²) in [5, 5.41) is 5.96. The number of hydrogen-bond acceptors (Lipinski definition) is 7. The Morgan fingerprint density at radius 3 is 2.22 bits per heavy atom. The molecule has 41 heavy (non-hydrogen) atoms. The van der Waals surface area contributed by atoms with E-state index in [0.29, 0.717) is 0 Å². The number of esters is 1. The van der Waals surface area contributed by atoms with Gasteiger partial charge in [0, 0.05) is 19.8 Å². The van der Waals surface area contributed by atoms with Crippen LogP contribution in [-0.2, 0) is 23.9 Å². The van der Waals surface area contributed by atoms with Crippen molar-refractivity contribution in [2.24, 2.45) is 10.8 Å². The van der Waals surface area contributed by atoms with Crippen molar-refractivity contribution in [2.75, 3.05) is 6.54 Å². The fourth-order valence-corrected chi connectivity index (χ4v) is 5.82. The molecule has 9 nitrogen and oxygen atoms in total. The van der Waals surface area contributed by atoms with Crippen molar-refractivity contribution in [2.45, 2.75) is 99.4 Å². The van der Waals surface area contributed by atoms with Crippen LogP contribution in [0.2, 0.25) is 0 Å². The number of likely N-dealkylation sites (tertiary alicyclic amines) is 1. The fourth-order valence-electron chi connectivity index (χ4n) is 5.01. The molecule has 1 aromatic carbocycles. The maximum Gasteiger partial charge on any atom is 0.302 e. The Morgan fingerprint density at radius 2 is 1.71 bits per heavy atom. The van der Waals surface area contributed by atoms with E-state index in [9.17, 15) is 19.2 Å².